The molecule has 0 fully saturated rings. The maximum Gasteiger partial charge on any atom is 0.0635 e. The lowest BCUT2D eigenvalue weighted by Crippen LogP contribution is -2.02. The minimum Gasteiger partial charge on any atom is -0.384 e. The van der Waals surface area contributed by atoms with E-state index in [4.69, 9.17) is 0 Å². The van der Waals surface area contributed by atoms with Crippen LogP contribution in [0.5, 0.6) is 0 Å². The molecule has 1 N–H and O–H groups in total. The molecule has 0 amide bonds. The molecule has 0 radical (unpaired) electrons. The van der Waals surface area contributed by atoms with Crippen LogP contribution in [0.4, 0.5) is 5.69 Å². The molecular weight excluding hydrogens is 148 g/mol. The zero-order chi connectivity index (χ0) is 8.97. The summed E-state index contributed by atoms with van der Waals surface area (Å²) in [5, 5.41) is 3.29. The summed E-state index contributed by atoms with van der Waals surface area (Å²) < 4.78 is 0. The van der Waals surface area contributed by atoms with Gasteiger partial charge in [0, 0.05) is 12.2 Å². The fourth-order valence-corrected chi connectivity index (χ4v) is 1.23. The highest BCUT2D eigenvalue weighted by Gasteiger charge is 1.99. The molecule has 1 aromatic rings. The average molecular weight is 164 g/mol. The maximum atomic E-state index is 4.45. The van der Waals surface area contributed by atoms with Crippen molar-refractivity contribution in [3.05, 3.63) is 23.5 Å². The monoisotopic (exact) mass is 164 g/mol. The van der Waals surface area contributed by atoms with Crippen molar-refractivity contribution < 1.29 is 0 Å². The minimum absolute atomic E-state index is 0.956. The second-order valence-corrected chi connectivity index (χ2v) is 2.83. The number of anilines is 1. The summed E-state index contributed by atoms with van der Waals surface area (Å²) in [5.41, 5.74) is 3.43. The third-order valence-corrected chi connectivity index (χ3v) is 1.82. The molecule has 0 bridgehead atoms. The van der Waals surface area contributed by atoms with Crippen molar-refractivity contribution in [2.24, 2.45) is 0 Å². The first-order valence-electron chi connectivity index (χ1n) is 4.48. The summed E-state index contributed by atoms with van der Waals surface area (Å²) in [5.74, 6) is 0. The lowest BCUT2D eigenvalue weighted by atomic mass is 10.2. The van der Waals surface area contributed by atoms with Crippen molar-refractivity contribution in [1.82, 2.24) is 4.98 Å². The van der Waals surface area contributed by atoms with Crippen LogP contribution in [0.3, 0.4) is 0 Å². The van der Waals surface area contributed by atoms with Crippen molar-refractivity contribution in [3.63, 3.8) is 0 Å². The largest absolute Gasteiger partial charge is 0.384 e. The summed E-state index contributed by atoms with van der Waals surface area (Å²) >= 11 is 0. The van der Waals surface area contributed by atoms with Gasteiger partial charge < -0.3 is 5.32 Å². The highest BCUT2D eigenvalue weighted by molar-refractivity contribution is 5.48. The highest BCUT2D eigenvalue weighted by atomic mass is 14.9. The molecule has 0 saturated heterocycles. The molecule has 0 atom stereocenters. The van der Waals surface area contributed by atoms with Crippen LogP contribution in [0.1, 0.15) is 25.2 Å². The smallest absolute Gasteiger partial charge is 0.0635 e. The van der Waals surface area contributed by atoms with Crippen molar-refractivity contribution in [3.8, 4) is 0 Å². The number of aryl methyl sites for hydroxylation is 2. The molecule has 0 aliphatic rings. The summed E-state index contributed by atoms with van der Waals surface area (Å²) in [6, 6.07) is 4.14. The molecule has 66 valence electrons. The predicted molar refractivity (Wildman–Crippen MR) is 52.5 cm³/mol. The van der Waals surface area contributed by atoms with Crippen LogP contribution in [-0.2, 0) is 6.42 Å². The Morgan fingerprint density at radius 3 is 2.67 bits per heavy atom. The van der Waals surface area contributed by atoms with Gasteiger partial charge in [-0.2, -0.15) is 0 Å². The van der Waals surface area contributed by atoms with Crippen molar-refractivity contribution >= 4 is 5.69 Å². The molecule has 0 aromatic carbocycles. The fraction of sp³-hybridized carbons (Fsp3) is 0.500. The van der Waals surface area contributed by atoms with Gasteiger partial charge in [0.2, 0.25) is 0 Å². The molecule has 0 aliphatic carbocycles. The van der Waals surface area contributed by atoms with E-state index in [0.29, 0.717) is 0 Å². The van der Waals surface area contributed by atoms with Crippen molar-refractivity contribution in [2.45, 2.75) is 27.2 Å². The molecular formula is C10H16N2. The number of hydrogen-bond donors (Lipinski definition) is 1. The third kappa shape index (κ3) is 1.97. The van der Waals surface area contributed by atoms with Crippen molar-refractivity contribution in [2.75, 3.05) is 11.9 Å². The van der Waals surface area contributed by atoms with E-state index in [9.17, 15) is 0 Å². The molecule has 0 unspecified atom stereocenters. The van der Waals surface area contributed by atoms with E-state index >= 15 is 0 Å². The third-order valence-electron chi connectivity index (χ3n) is 1.82. The van der Waals surface area contributed by atoms with Gasteiger partial charge in [0.05, 0.1) is 11.4 Å². The SMILES string of the molecule is CCNc1ccc(C)nc1CC. The first kappa shape index (κ1) is 9.04. The van der Waals surface area contributed by atoms with Crippen LogP contribution < -0.4 is 5.32 Å². The van der Waals surface area contributed by atoms with E-state index < -0.39 is 0 Å². The van der Waals surface area contributed by atoms with Crippen LogP contribution in [0.15, 0.2) is 12.1 Å². The number of nitrogens with one attached hydrogen (secondary N) is 1. The molecule has 1 heterocycles. The second kappa shape index (κ2) is 4.10. The van der Waals surface area contributed by atoms with Gasteiger partial charge in [0.1, 0.15) is 0 Å². The topological polar surface area (TPSA) is 24.9 Å². The Morgan fingerprint density at radius 2 is 2.08 bits per heavy atom. The van der Waals surface area contributed by atoms with Gasteiger partial charge in [-0.05, 0) is 32.4 Å². The van der Waals surface area contributed by atoms with Gasteiger partial charge in [0.25, 0.3) is 0 Å². The first-order valence-corrected chi connectivity index (χ1v) is 4.48. The van der Waals surface area contributed by atoms with E-state index in [1.165, 1.54) is 5.69 Å². The molecule has 12 heavy (non-hydrogen) atoms. The standard InChI is InChI=1S/C10H16N2/c1-4-9-10(11-5-2)7-6-8(3)12-9/h6-7,11H,4-5H2,1-3H3. The van der Waals surface area contributed by atoms with E-state index in [-0.39, 0.29) is 0 Å². The molecule has 1 aromatic heterocycles. The van der Waals surface area contributed by atoms with E-state index in [1.807, 2.05) is 13.0 Å². The maximum absolute atomic E-state index is 4.45. The average Bonchev–Trinajstić information content (AvgIpc) is 2.08. The van der Waals surface area contributed by atoms with Gasteiger partial charge in [0.15, 0.2) is 0 Å². The van der Waals surface area contributed by atoms with Crippen LogP contribution in [0.25, 0.3) is 0 Å². The van der Waals surface area contributed by atoms with Crippen LogP contribution >= 0.6 is 0 Å². The van der Waals surface area contributed by atoms with Crippen molar-refractivity contribution in [1.29, 1.82) is 0 Å². The molecule has 1 rings (SSSR count). The Kier molecular flexibility index (Phi) is 3.09. The van der Waals surface area contributed by atoms with E-state index in [2.05, 4.69) is 30.2 Å². The van der Waals surface area contributed by atoms with Crippen LogP contribution in [0, 0.1) is 6.92 Å². The van der Waals surface area contributed by atoms with Crippen LogP contribution in [0.2, 0.25) is 0 Å². The summed E-state index contributed by atoms with van der Waals surface area (Å²) in [4.78, 5) is 4.45. The normalized spacial score (nSPS) is 9.92. The van der Waals surface area contributed by atoms with Gasteiger partial charge in [-0.1, -0.05) is 6.92 Å². The number of nitrogens with zero attached hydrogens (tertiary/aromatic N) is 1. The number of aromatic nitrogens is 1. The van der Waals surface area contributed by atoms with Crippen LogP contribution in [-0.4, -0.2) is 11.5 Å². The Bertz CT molecular complexity index is 256. The zero-order valence-corrected chi connectivity index (χ0v) is 8.02. The van der Waals surface area contributed by atoms with E-state index in [0.717, 1.165) is 24.4 Å². The Hall–Kier alpha value is -1.05. The van der Waals surface area contributed by atoms with E-state index in [1.54, 1.807) is 0 Å². The predicted octanol–water partition coefficient (Wildman–Crippen LogP) is 2.38. The quantitative estimate of drug-likeness (QED) is 0.742. The Balaban J connectivity index is 2.94. The van der Waals surface area contributed by atoms with Gasteiger partial charge >= 0.3 is 0 Å². The lowest BCUT2D eigenvalue weighted by Gasteiger charge is -2.08. The fourth-order valence-electron chi connectivity index (χ4n) is 1.23. The molecule has 0 aliphatic heterocycles. The zero-order valence-electron chi connectivity index (χ0n) is 8.02. The molecule has 0 saturated carbocycles. The number of pyridine rings is 1. The lowest BCUT2D eigenvalue weighted by molar-refractivity contribution is 0.998. The van der Waals surface area contributed by atoms with Gasteiger partial charge in [-0.25, -0.2) is 0 Å². The summed E-state index contributed by atoms with van der Waals surface area (Å²) in [6.45, 7) is 7.20. The highest BCUT2D eigenvalue weighted by Crippen LogP contribution is 2.13. The number of rotatable bonds is 3. The minimum atomic E-state index is 0.956. The van der Waals surface area contributed by atoms with Gasteiger partial charge in [-0.3, -0.25) is 4.98 Å². The molecule has 2 nitrogen and oxygen atoms in total. The Morgan fingerprint density at radius 1 is 1.33 bits per heavy atom. The summed E-state index contributed by atoms with van der Waals surface area (Å²) in [6.07, 6.45) is 0.990. The second-order valence-electron chi connectivity index (χ2n) is 2.83. The summed E-state index contributed by atoms with van der Waals surface area (Å²) in [7, 11) is 0. The Labute approximate surface area is 74.0 Å². The number of hydrogen-bond acceptors (Lipinski definition) is 2. The first-order chi connectivity index (χ1) is 5.77. The molecule has 2 heteroatoms. The van der Waals surface area contributed by atoms with Gasteiger partial charge in [-0.15, -0.1) is 0 Å². The molecule has 0 spiro atoms.